The predicted octanol–water partition coefficient (Wildman–Crippen LogP) is 3.98. The quantitative estimate of drug-likeness (QED) is 0.418. The van der Waals surface area contributed by atoms with E-state index in [-0.39, 0.29) is 19.3 Å². The Balaban J connectivity index is 1.39. The van der Waals surface area contributed by atoms with Gasteiger partial charge in [-0.25, -0.2) is 0 Å². The summed E-state index contributed by atoms with van der Waals surface area (Å²) in [6, 6.07) is 19.0. The molecule has 2 aromatic carbocycles. The van der Waals surface area contributed by atoms with Gasteiger partial charge in [-0.15, -0.1) is 0 Å². The lowest BCUT2D eigenvalue weighted by Crippen LogP contribution is -2.32. The Kier molecular flexibility index (Phi) is 5.98. The van der Waals surface area contributed by atoms with Gasteiger partial charge in [0.15, 0.2) is 18.1 Å². The second-order valence-corrected chi connectivity index (χ2v) is 6.83. The molecule has 1 aromatic heterocycles. The number of fused-ring (bicyclic) bond motifs is 1. The third-order valence-corrected chi connectivity index (χ3v) is 4.68. The van der Waals surface area contributed by atoms with Gasteiger partial charge >= 0.3 is 0 Å². The van der Waals surface area contributed by atoms with Crippen LogP contribution in [0.3, 0.4) is 0 Å². The Hall–Kier alpha value is -3.74. The molecule has 30 heavy (non-hydrogen) atoms. The lowest BCUT2D eigenvalue weighted by molar-refractivity contribution is -0.137. The van der Waals surface area contributed by atoms with Crippen molar-refractivity contribution in [2.75, 3.05) is 13.4 Å². The van der Waals surface area contributed by atoms with E-state index in [2.05, 4.69) is 5.16 Å². The molecule has 4 rings (SSSR count). The molecule has 0 spiro atoms. The highest BCUT2D eigenvalue weighted by Crippen LogP contribution is 2.32. The van der Waals surface area contributed by atoms with Crippen molar-refractivity contribution in [1.29, 1.82) is 0 Å². The van der Waals surface area contributed by atoms with Crippen molar-refractivity contribution in [3.05, 3.63) is 83.8 Å². The van der Waals surface area contributed by atoms with E-state index < -0.39 is 0 Å². The highest BCUT2D eigenvalue weighted by molar-refractivity contribution is 5.99. The molecule has 0 radical (unpaired) electrons. The molecule has 0 N–H and O–H groups in total. The molecule has 1 aliphatic rings. The van der Waals surface area contributed by atoms with Gasteiger partial charge in [-0.05, 0) is 42.8 Å². The summed E-state index contributed by atoms with van der Waals surface area (Å²) >= 11 is 0. The monoisotopic (exact) mass is 406 g/mol. The number of amides is 1. The minimum absolute atomic E-state index is 0.171. The molecule has 2 heterocycles. The first-order chi connectivity index (χ1) is 14.7. The third kappa shape index (κ3) is 4.81. The Morgan fingerprint density at radius 2 is 1.87 bits per heavy atom. The second-order valence-electron chi connectivity index (χ2n) is 6.83. The lowest BCUT2D eigenvalue weighted by atomic mass is 10.1. The van der Waals surface area contributed by atoms with Crippen LogP contribution in [0.15, 0.2) is 76.5 Å². The fraction of sp³-hybridized carbons (Fsp3) is 0.217. The number of nitrogens with zero attached hydrogens (tertiary/aromatic N) is 2. The van der Waals surface area contributed by atoms with Gasteiger partial charge in [0, 0.05) is 12.1 Å². The summed E-state index contributed by atoms with van der Waals surface area (Å²) in [5.41, 5.74) is 2.50. The van der Waals surface area contributed by atoms with Crippen LogP contribution in [-0.2, 0) is 22.7 Å². The van der Waals surface area contributed by atoms with Crippen molar-refractivity contribution in [2.45, 2.75) is 20.0 Å². The van der Waals surface area contributed by atoms with Crippen LogP contribution in [0, 0.1) is 0 Å². The Morgan fingerprint density at radius 3 is 2.67 bits per heavy atom. The van der Waals surface area contributed by atoms with E-state index in [0.717, 1.165) is 11.1 Å². The molecule has 3 aromatic rings. The molecular formula is C23H22N2O5. The third-order valence-electron chi connectivity index (χ3n) is 4.68. The van der Waals surface area contributed by atoms with Crippen LogP contribution in [0.25, 0.3) is 0 Å². The van der Waals surface area contributed by atoms with Gasteiger partial charge in [0.25, 0.3) is 5.91 Å². The molecular weight excluding hydrogens is 384 g/mol. The van der Waals surface area contributed by atoms with Crippen LogP contribution < -0.4 is 9.47 Å². The molecule has 7 nitrogen and oxygen atoms in total. The summed E-state index contributed by atoms with van der Waals surface area (Å²) in [5, 5.41) is 4.10. The number of carbonyl (C=O) groups excluding carboxylic acids is 1. The average molecular weight is 406 g/mol. The fourth-order valence-electron chi connectivity index (χ4n) is 3.08. The first kappa shape index (κ1) is 19.6. The molecule has 154 valence electrons. The van der Waals surface area contributed by atoms with Gasteiger partial charge in [0.05, 0.1) is 18.5 Å². The van der Waals surface area contributed by atoms with E-state index in [1.54, 1.807) is 17.2 Å². The van der Waals surface area contributed by atoms with E-state index in [4.69, 9.17) is 18.7 Å². The largest absolute Gasteiger partial charge is 0.467 e. The molecule has 0 saturated heterocycles. The van der Waals surface area contributed by atoms with Crippen LogP contribution in [0.2, 0.25) is 0 Å². The van der Waals surface area contributed by atoms with E-state index in [1.807, 2.05) is 61.5 Å². The zero-order chi connectivity index (χ0) is 20.8. The normalized spacial score (nSPS) is 12.6. The van der Waals surface area contributed by atoms with Crippen LogP contribution in [0.5, 0.6) is 11.5 Å². The Bertz CT molecular complexity index is 1020. The van der Waals surface area contributed by atoms with Crippen molar-refractivity contribution in [3.63, 3.8) is 0 Å². The zero-order valence-corrected chi connectivity index (χ0v) is 16.6. The van der Waals surface area contributed by atoms with Crippen LogP contribution >= 0.6 is 0 Å². The topological polar surface area (TPSA) is 73.5 Å². The smallest absolute Gasteiger partial charge is 0.264 e. The molecule has 0 saturated carbocycles. The average Bonchev–Trinajstić information content (AvgIpc) is 3.45. The summed E-state index contributed by atoms with van der Waals surface area (Å²) < 4.78 is 16.1. The minimum atomic E-state index is -0.183. The van der Waals surface area contributed by atoms with Crippen molar-refractivity contribution < 1.29 is 23.5 Å². The van der Waals surface area contributed by atoms with Crippen molar-refractivity contribution in [3.8, 4) is 11.5 Å². The van der Waals surface area contributed by atoms with Gasteiger partial charge in [0.2, 0.25) is 6.79 Å². The van der Waals surface area contributed by atoms with E-state index in [1.165, 1.54) is 0 Å². The van der Waals surface area contributed by atoms with Crippen LogP contribution in [-0.4, -0.2) is 29.9 Å². The number of ether oxygens (including phenoxy) is 2. The van der Waals surface area contributed by atoms with Gasteiger partial charge in [-0.2, -0.15) is 0 Å². The van der Waals surface area contributed by atoms with Crippen LogP contribution in [0.1, 0.15) is 23.8 Å². The number of carbonyl (C=O) groups is 1. The van der Waals surface area contributed by atoms with E-state index in [9.17, 15) is 4.79 Å². The number of hydrogen-bond acceptors (Lipinski definition) is 6. The molecule has 1 amide bonds. The van der Waals surface area contributed by atoms with Crippen molar-refractivity contribution in [1.82, 2.24) is 4.90 Å². The second kappa shape index (κ2) is 9.17. The maximum atomic E-state index is 12.8. The van der Waals surface area contributed by atoms with Gasteiger partial charge in [0.1, 0.15) is 5.76 Å². The number of oxime groups is 1. The summed E-state index contributed by atoms with van der Waals surface area (Å²) in [6.07, 6.45) is 1.59. The predicted molar refractivity (Wildman–Crippen MR) is 110 cm³/mol. The lowest BCUT2D eigenvalue weighted by Gasteiger charge is -2.21. The standard InChI is InChI=1S/C23H22N2O5/c1-17(19-9-10-21-22(12-19)29-16-28-21)24-30-15-23(26)25(14-20-8-5-11-27-20)13-18-6-3-2-4-7-18/h2-12H,13-16H2,1H3. The highest BCUT2D eigenvalue weighted by Gasteiger charge is 2.17. The number of benzene rings is 2. The highest BCUT2D eigenvalue weighted by atomic mass is 16.7. The number of hydrogen-bond donors (Lipinski definition) is 0. The van der Waals surface area contributed by atoms with Gasteiger partial charge < -0.3 is 23.6 Å². The van der Waals surface area contributed by atoms with Gasteiger partial charge in [-0.3, -0.25) is 4.79 Å². The van der Waals surface area contributed by atoms with Crippen LogP contribution in [0.4, 0.5) is 0 Å². The van der Waals surface area contributed by atoms with Crippen molar-refractivity contribution in [2.24, 2.45) is 5.16 Å². The maximum Gasteiger partial charge on any atom is 0.264 e. The van der Waals surface area contributed by atoms with E-state index in [0.29, 0.717) is 36.1 Å². The molecule has 0 atom stereocenters. The fourth-order valence-corrected chi connectivity index (χ4v) is 3.08. The zero-order valence-electron chi connectivity index (χ0n) is 16.6. The van der Waals surface area contributed by atoms with E-state index >= 15 is 0 Å². The Morgan fingerprint density at radius 1 is 1.03 bits per heavy atom. The Labute approximate surface area is 174 Å². The molecule has 7 heteroatoms. The number of rotatable bonds is 8. The molecule has 0 bridgehead atoms. The minimum Gasteiger partial charge on any atom is -0.467 e. The summed E-state index contributed by atoms with van der Waals surface area (Å²) in [4.78, 5) is 19.8. The molecule has 0 fully saturated rings. The maximum absolute atomic E-state index is 12.8. The molecule has 0 aliphatic carbocycles. The summed E-state index contributed by atoms with van der Waals surface area (Å²) in [7, 11) is 0. The van der Waals surface area contributed by atoms with Crippen molar-refractivity contribution >= 4 is 11.6 Å². The summed E-state index contributed by atoms with van der Waals surface area (Å²) in [6.45, 7) is 2.67. The first-order valence-electron chi connectivity index (χ1n) is 9.60. The summed E-state index contributed by atoms with van der Waals surface area (Å²) in [5.74, 6) is 1.90. The molecule has 0 unspecified atom stereocenters. The number of furan rings is 1. The van der Waals surface area contributed by atoms with Gasteiger partial charge in [-0.1, -0.05) is 35.5 Å². The molecule has 1 aliphatic heterocycles. The first-order valence-corrected chi connectivity index (χ1v) is 9.60. The SMILES string of the molecule is CC(=NOCC(=O)N(Cc1ccccc1)Cc1ccco1)c1ccc2c(c1)OCO2.